The zero-order chi connectivity index (χ0) is 21.4. The Morgan fingerprint density at radius 1 is 1.24 bits per heavy atom. The predicted molar refractivity (Wildman–Crippen MR) is 115 cm³/mol. The highest BCUT2D eigenvalue weighted by atomic mass is 16.4. The number of hydrogen-bond acceptors (Lipinski definition) is 4. The molecule has 0 aromatic carbocycles. The van der Waals surface area contributed by atoms with Gasteiger partial charge in [-0.3, -0.25) is 14.6 Å². The van der Waals surface area contributed by atoms with E-state index in [0.717, 1.165) is 38.0 Å². The van der Waals surface area contributed by atoms with Crippen molar-refractivity contribution < 1.29 is 14.7 Å². The van der Waals surface area contributed by atoms with E-state index in [2.05, 4.69) is 37.7 Å². The lowest BCUT2D eigenvalue weighted by Crippen LogP contribution is -2.46. The van der Waals surface area contributed by atoms with Crippen molar-refractivity contribution in [1.82, 2.24) is 14.8 Å². The van der Waals surface area contributed by atoms with E-state index in [1.54, 1.807) is 0 Å². The van der Waals surface area contributed by atoms with Crippen molar-refractivity contribution in [3.8, 4) is 0 Å². The summed E-state index contributed by atoms with van der Waals surface area (Å²) in [6.45, 7) is 9.41. The van der Waals surface area contributed by atoms with Gasteiger partial charge in [-0.05, 0) is 55.8 Å². The van der Waals surface area contributed by atoms with Crippen LogP contribution in [0.25, 0.3) is 0 Å². The molecule has 0 spiro atoms. The molecule has 1 aliphatic rings. The van der Waals surface area contributed by atoms with Gasteiger partial charge >= 0.3 is 5.97 Å². The van der Waals surface area contributed by atoms with E-state index in [9.17, 15) is 14.7 Å². The van der Waals surface area contributed by atoms with E-state index < -0.39 is 5.97 Å². The van der Waals surface area contributed by atoms with Crippen LogP contribution in [0.15, 0.2) is 24.4 Å². The standard InChI is InChI=1S/C23H37N3O3/c1-23(2,3)16-21(27)26-14-9-18(15-22(28)29)19(17-26)8-12-25(4)13-10-20-7-5-6-11-24-20/h5-7,11,18-19H,8-10,12-17H2,1-4H3,(H,28,29). The van der Waals surface area contributed by atoms with Gasteiger partial charge in [-0.1, -0.05) is 26.8 Å². The minimum absolute atomic E-state index is 0.0316. The van der Waals surface area contributed by atoms with Crippen LogP contribution in [-0.2, 0) is 16.0 Å². The summed E-state index contributed by atoms with van der Waals surface area (Å²) in [4.78, 5) is 32.6. The minimum atomic E-state index is -0.738. The van der Waals surface area contributed by atoms with Crippen molar-refractivity contribution in [3.63, 3.8) is 0 Å². The average Bonchev–Trinajstić information content (AvgIpc) is 2.64. The molecule has 2 heterocycles. The first kappa shape index (κ1) is 23.3. The summed E-state index contributed by atoms with van der Waals surface area (Å²) in [6, 6.07) is 5.96. The van der Waals surface area contributed by atoms with E-state index in [1.165, 1.54) is 0 Å². The number of rotatable bonds is 9. The summed E-state index contributed by atoms with van der Waals surface area (Å²) in [6.07, 6.45) is 5.14. The highest BCUT2D eigenvalue weighted by Crippen LogP contribution is 2.31. The zero-order valence-corrected chi connectivity index (χ0v) is 18.4. The van der Waals surface area contributed by atoms with Gasteiger partial charge in [-0.2, -0.15) is 0 Å². The van der Waals surface area contributed by atoms with Crippen LogP contribution in [0.3, 0.4) is 0 Å². The van der Waals surface area contributed by atoms with Gasteiger partial charge in [-0.15, -0.1) is 0 Å². The lowest BCUT2D eigenvalue weighted by atomic mass is 9.80. The Hall–Kier alpha value is -1.95. The Bertz CT molecular complexity index is 657. The number of carboxylic acids is 1. The van der Waals surface area contributed by atoms with Crippen LogP contribution in [0.2, 0.25) is 0 Å². The quantitative estimate of drug-likeness (QED) is 0.685. The van der Waals surface area contributed by atoms with Gasteiger partial charge in [0.2, 0.25) is 5.91 Å². The van der Waals surface area contributed by atoms with Gasteiger partial charge in [-0.25, -0.2) is 0 Å². The molecule has 0 aliphatic carbocycles. The molecule has 162 valence electrons. The first-order valence-electron chi connectivity index (χ1n) is 10.7. The van der Waals surface area contributed by atoms with Crippen molar-refractivity contribution in [1.29, 1.82) is 0 Å². The summed E-state index contributed by atoms with van der Waals surface area (Å²) >= 11 is 0. The largest absolute Gasteiger partial charge is 0.481 e. The second-order valence-electron chi connectivity index (χ2n) is 9.65. The third kappa shape index (κ3) is 8.52. The number of carbonyl (C=O) groups is 2. The molecule has 1 amide bonds. The maximum Gasteiger partial charge on any atom is 0.303 e. The molecule has 6 heteroatoms. The number of hydrogen-bond donors (Lipinski definition) is 1. The number of aromatic nitrogens is 1. The van der Waals surface area contributed by atoms with E-state index in [-0.39, 0.29) is 29.6 Å². The van der Waals surface area contributed by atoms with E-state index >= 15 is 0 Å². The van der Waals surface area contributed by atoms with Gasteiger partial charge in [0.25, 0.3) is 0 Å². The molecule has 1 aliphatic heterocycles. The SMILES string of the molecule is CN(CCc1ccccn1)CCC1CN(C(=O)CC(C)(C)C)CCC1CC(=O)O. The fraction of sp³-hybridized carbons (Fsp3) is 0.696. The summed E-state index contributed by atoms with van der Waals surface area (Å²) in [7, 11) is 2.10. The van der Waals surface area contributed by atoms with Crippen LogP contribution < -0.4 is 0 Å². The molecule has 1 aromatic heterocycles. The highest BCUT2D eigenvalue weighted by Gasteiger charge is 2.33. The first-order valence-corrected chi connectivity index (χ1v) is 10.7. The average molecular weight is 404 g/mol. The van der Waals surface area contributed by atoms with Crippen LogP contribution in [0.5, 0.6) is 0 Å². The number of likely N-dealkylation sites (N-methyl/N-ethyl adjacent to an activating group) is 1. The van der Waals surface area contributed by atoms with Crippen molar-refractivity contribution >= 4 is 11.9 Å². The number of amides is 1. The smallest absolute Gasteiger partial charge is 0.303 e. The zero-order valence-electron chi connectivity index (χ0n) is 18.4. The summed E-state index contributed by atoms with van der Waals surface area (Å²) in [5.74, 6) is -0.158. The van der Waals surface area contributed by atoms with Crippen LogP contribution in [-0.4, -0.2) is 65.0 Å². The maximum absolute atomic E-state index is 12.7. The van der Waals surface area contributed by atoms with Gasteiger partial charge in [0.1, 0.15) is 0 Å². The molecule has 1 aromatic rings. The molecule has 29 heavy (non-hydrogen) atoms. The van der Waals surface area contributed by atoms with Crippen LogP contribution >= 0.6 is 0 Å². The Labute approximate surface area is 175 Å². The third-order valence-corrected chi connectivity index (χ3v) is 5.72. The number of carboxylic acid groups (broad SMARTS) is 1. The third-order valence-electron chi connectivity index (χ3n) is 5.72. The Kier molecular flexibility index (Phi) is 8.62. The summed E-state index contributed by atoms with van der Waals surface area (Å²) < 4.78 is 0. The topological polar surface area (TPSA) is 73.7 Å². The number of aliphatic carboxylic acids is 1. The second kappa shape index (κ2) is 10.7. The monoisotopic (exact) mass is 403 g/mol. The van der Waals surface area contributed by atoms with Gasteiger partial charge in [0, 0.05) is 50.8 Å². The molecule has 1 fully saturated rings. The molecule has 0 bridgehead atoms. The minimum Gasteiger partial charge on any atom is -0.481 e. The molecular weight excluding hydrogens is 366 g/mol. The normalized spacial score (nSPS) is 20.1. The van der Waals surface area contributed by atoms with Crippen LogP contribution in [0, 0.1) is 17.3 Å². The van der Waals surface area contributed by atoms with Crippen molar-refractivity contribution in [2.45, 2.75) is 52.9 Å². The number of likely N-dealkylation sites (tertiary alicyclic amines) is 1. The maximum atomic E-state index is 12.7. The fourth-order valence-electron chi connectivity index (χ4n) is 4.04. The lowest BCUT2D eigenvalue weighted by molar-refractivity contribution is -0.140. The van der Waals surface area contributed by atoms with Crippen LogP contribution in [0.1, 0.15) is 52.1 Å². The highest BCUT2D eigenvalue weighted by molar-refractivity contribution is 5.77. The van der Waals surface area contributed by atoms with E-state index in [1.807, 2.05) is 29.3 Å². The van der Waals surface area contributed by atoms with Gasteiger partial charge in [0.05, 0.1) is 0 Å². The predicted octanol–water partition coefficient (Wildman–Crippen LogP) is 3.32. The number of carbonyl (C=O) groups excluding carboxylic acids is 1. The van der Waals surface area contributed by atoms with Gasteiger partial charge in [0.15, 0.2) is 0 Å². The Balaban J connectivity index is 1.89. The molecule has 2 rings (SSSR count). The lowest BCUT2D eigenvalue weighted by Gasteiger charge is -2.39. The molecular formula is C23H37N3O3. The molecule has 1 saturated heterocycles. The number of pyridine rings is 1. The van der Waals surface area contributed by atoms with E-state index in [4.69, 9.17) is 0 Å². The number of piperidine rings is 1. The Morgan fingerprint density at radius 2 is 2.00 bits per heavy atom. The van der Waals surface area contributed by atoms with Gasteiger partial charge < -0.3 is 14.9 Å². The molecule has 0 saturated carbocycles. The van der Waals surface area contributed by atoms with Crippen molar-refractivity contribution in [2.75, 3.05) is 33.2 Å². The molecule has 0 radical (unpaired) electrons. The van der Waals surface area contributed by atoms with Crippen molar-refractivity contribution in [3.05, 3.63) is 30.1 Å². The molecule has 6 nitrogen and oxygen atoms in total. The summed E-state index contributed by atoms with van der Waals surface area (Å²) in [5, 5.41) is 9.30. The fourth-order valence-corrected chi connectivity index (χ4v) is 4.04. The van der Waals surface area contributed by atoms with E-state index in [0.29, 0.717) is 19.5 Å². The second-order valence-corrected chi connectivity index (χ2v) is 9.65. The summed E-state index contributed by atoms with van der Waals surface area (Å²) in [5.41, 5.74) is 1.05. The molecule has 2 unspecified atom stereocenters. The Morgan fingerprint density at radius 3 is 2.62 bits per heavy atom. The molecule has 1 N–H and O–H groups in total. The van der Waals surface area contributed by atoms with Crippen LogP contribution in [0.4, 0.5) is 0 Å². The number of nitrogens with zero attached hydrogens (tertiary/aromatic N) is 3. The van der Waals surface area contributed by atoms with Crippen molar-refractivity contribution in [2.24, 2.45) is 17.3 Å². The molecule has 2 atom stereocenters. The first-order chi connectivity index (χ1) is 13.6.